The van der Waals surface area contributed by atoms with Crippen LogP contribution in [0.4, 0.5) is 0 Å². The van der Waals surface area contributed by atoms with Gasteiger partial charge in [0.25, 0.3) is 5.91 Å². The lowest BCUT2D eigenvalue weighted by molar-refractivity contribution is 0.0928. The van der Waals surface area contributed by atoms with Crippen molar-refractivity contribution in [1.82, 2.24) is 10.6 Å². The summed E-state index contributed by atoms with van der Waals surface area (Å²) in [6.45, 7) is 0.286. The van der Waals surface area contributed by atoms with E-state index in [1.807, 2.05) is 0 Å². The molecule has 2 rings (SSSR count). The van der Waals surface area contributed by atoms with Crippen molar-refractivity contribution in [3.05, 3.63) is 59.0 Å². The van der Waals surface area contributed by atoms with Gasteiger partial charge >= 0.3 is 0 Å². The van der Waals surface area contributed by atoms with E-state index < -0.39 is 15.9 Å². The lowest BCUT2D eigenvalue weighted by Gasteiger charge is -2.26. The van der Waals surface area contributed by atoms with Crippen LogP contribution in [0.25, 0.3) is 0 Å². The lowest BCUT2D eigenvalue weighted by Crippen LogP contribution is -2.53. The molecule has 0 aliphatic carbocycles. The van der Waals surface area contributed by atoms with Gasteiger partial charge in [0, 0.05) is 0 Å². The summed E-state index contributed by atoms with van der Waals surface area (Å²) in [5.74, 6) is 0.195. The second-order valence-electron chi connectivity index (χ2n) is 4.39. The maximum Gasteiger partial charge on any atom is 0.254 e. The van der Waals surface area contributed by atoms with Crippen molar-refractivity contribution >= 4 is 52.3 Å². The number of rotatable bonds is 5. The van der Waals surface area contributed by atoms with Gasteiger partial charge < -0.3 is 9.73 Å². The number of carbonyl (C=O) groups excluding carboxylic acids is 1. The van der Waals surface area contributed by atoms with Crippen molar-refractivity contribution in [2.75, 3.05) is 0 Å². The number of hydrogen-bond acceptors (Lipinski definition) is 3. The largest absolute Gasteiger partial charge is 0.468 e. The average molecular weight is 382 g/mol. The third-order valence-electron chi connectivity index (χ3n) is 2.78. The molecule has 2 N–H and O–H groups in total. The van der Waals surface area contributed by atoms with Crippen molar-refractivity contribution in [2.45, 2.75) is 16.5 Å². The summed E-state index contributed by atoms with van der Waals surface area (Å²) in [5, 5.41) is 5.84. The van der Waals surface area contributed by atoms with Crippen LogP contribution >= 0.6 is 46.4 Å². The van der Waals surface area contributed by atoms with E-state index in [2.05, 4.69) is 10.6 Å². The highest BCUT2D eigenvalue weighted by Crippen LogP contribution is 2.29. The molecular formula is C14H12Cl4N2O2. The first kappa shape index (κ1) is 17.4. The Morgan fingerprint density at radius 1 is 1.18 bits per heavy atom. The van der Waals surface area contributed by atoms with Crippen LogP contribution in [0.1, 0.15) is 16.1 Å². The van der Waals surface area contributed by atoms with Gasteiger partial charge in [-0.15, -0.1) is 0 Å². The normalized spacial score (nSPS) is 12.9. The molecule has 1 unspecified atom stereocenters. The number of hydrogen-bond donors (Lipinski definition) is 2. The summed E-state index contributed by atoms with van der Waals surface area (Å²) in [6, 6.07) is 10.1. The molecule has 1 aromatic heterocycles. The first-order valence-electron chi connectivity index (χ1n) is 6.26. The Kier molecular flexibility index (Phi) is 6.01. The Morgan fingerprint density at radius 3 is 2.50 bits per heavy atom. The molecule has 8 heteroatoms. The van der Waals surface area contributed by atoms with Gasteiger partial charge in [-0.05, 0) is 24.3 Å². The smallest absolute Gasteiger partial charge is 0.254 e. The van der Waals surface area contributed by atoms with Gasteiger partial charge in [-0.1, -0.05) is 58.5 Å². The Labute approximate surface area is 147 Å². The van der Waals surface area contributed by atoms with E-state index in [0.29, 0.717) is 16.3 Å². The molecule has 0 radical (unpaired) electrons. The minimum atomic E-state index is -1.75. The average Bonchev–Trinajstić information content (AvgIpc) is 2.95. The second-order valence-corrected chi connectivity index (χ2v) is 7.16. The summed E-state index contributed by atoms with van der Waals surface area (Å²) >= 11 is 23.7. The number of alkyl halides is 3. The molecule has 0 aliphatic rings. The van der Waals surface area contributed by atoms with Crippen molar-refractivity contribution in [3.63, 3.8) is 0 Å². The van der Waals surface area contributed by atoms with E-state index in [1.54, 1.807) is 36.4 Å². The monoisotopic (exact) mass is 380 g/mol. The van der Waals surface area contributed by atoms with E-state index in [1.165, 1.54) is 6.26 Å². The zero-order valence-corrected chi connectivity index (χ0v) is 14.2. The number of nitrogens with one attached hydrogen (secondary N) is 2. The van der Waals surface area contributed by atoms with Gasteiger partial charge in [0.2, 0.25) is 3.79 Å². The lowest BCUT2D eigenvalue weighted by atomic mass is 10.2. The third-order valence-corrected chi connectivity index (χ3v) is 3.77. The van der Waals surface area contributed by atoms with Crippen LogP contribution in [0.2, 0.25) is 5.02 Å². The maximum absolute atomic E-state index is 12.2. The summed E-state index contributed by atoms with van der Waals surface area (Å²) in [4.78, 5) is 12.2. The molecule has 118 valence electrons. The summed E-state index contributed by atoms with van der Waals surface area (Å²) in [6.07, 6.45) is 0.607. The van der Waals surface area contributed by atoms with E-state index in [4.69, 9.17) is 50.8 Å². The van der Waals surface area contributed by atoms with Gasteiger partial charge in [-0.25, -0.2) is 0 Å². The number of carbonyl (C=O) groups is 1. The number of benzene rings is 1. The van der Waals surface area contributed by atoms with Crippen LogP contribution in [0.15, 0.2) is 47.1 Å². The summed E-state index contributed by atoms with van der Waals surface area (Å²) < 4.78 is 3.43. The molecule has 1 heterocycles. The van der Waals surface area contributed by atoms with E-state index in [-0.39, 0.29) is 6.54 Å². The molecule has 1 aromatic carbocycles. The molecule has 1 amide bonds. The highest BCUT2D eigenvalue weighted by molar-refractivity contribution is 6.68. The third kappa shape index (κ3) is 4.80. The van der Waals surface area contributed by atoms with Crippen molar-refractivity contribution < 1.29 is 9.21 Å². The molecule has 0 aliphatic heterocycles. The minimum Gasteiger partial charge on any atom is -0.468 e. The molecule has 22 heavy (non-hydrogen) atoms. The number of halogens is 4. The summed E-state index contributed by atoms with van der Waals surface area (Å²) in [7, 11) is 0. The van der Waals surface area contributed by atoms with Crippen LogP contribution in [0.3, 0.4) is 0 Å². The van der Waals surface area contributed by atoms with Gasteiger partial charge in [0.1, 0.15) is 11.9 Å². The zero-order valence-electron chi connectivity index (χ0n) is 11.2. The Hall–Kier alpha value is -0.910. The number of furan rings is 1. The van der Waals surface area contributed by atoms with Crippen LogP contribution in [0, 0.1) is 0 Å². The predicted molar refractivity (Wildman–Crippen MR) is 88.5 cm³/mol. The molecule has 4 nitrogen and oxygen atoms in total. The molecule has 0 spiro atoms. The van der Waals surface area contributed by atoms with Crippen LogP contribution < -0.4 is 10.6 Å². The summed E-state index contributed by atoms with van der Waals surface area (Å²) in [5.41, 5.74) is 0.295. The van der Waals surface area contributed by atoms with Crippen LogP contribution in [0.5, 0.6) is 0 Å². The van der Waals surface area contributed by atoms with Crippen molar-refractivity contribution in [1.29, 1.82) is 0 Å². The fourth-order valence-electron chi connectivity index (χ4n) is 1.72. The Morgan fingerprint density at radius 2 is 1.91 bits per heavy atom. The minimum absolute atomic E-state index is 0.286. The Bertz CT molecular complexity index is 626. The molecule has 1 atom stereocenters. The first-order valence-corrected chi connectivity index (χ1v) is 7.77. The van der Waals surface area contributed by atoms with E-state index in [0.717, 1.165) is 0 Å². The molecular weight excluding hydrogens is 370 g/mol. The van der Waals surface area contributed by atoms with Crippen molar-refractivity contribution in [2.24, 2.45) is 0 Å². The van der Waals surface area contributed by atoms with Gasteiger partial charge in [-0.3, -0.25) is 10.1 Å². The van der Waals surface area contributed by atoms with Crippen LogP contribution in [-0.4, -0.2) is 15.9 Å². The highest BCUT2D eigenvalue weighted by atomic mass is 35.6. The standard InChI is InChI=1S/C14H12Cl4N2O2/c15-11-6-2-1-5-10(11)12(21)20-13(14(16,17)18)19-8-9-4-3-7-22-9/h1-7,13,19H,8H2,(H,20,21). The van der Waals surface area contributed by atoms with Gasteiger partial charge in [0.05, 0.1) is 23.4 Å². The molecule has 0 saturated heterocycles. The van der Waals surface area contributed by atoms with Gasteiger partial charge in [0.15, 0.2) is 0 Å². The van der Waals surface area contributed by atoms with Crippen molar-refractivity contribution in [3.8, 4) is 0 Å². The second kappa shape index (κ2) is 7.57. The Balaban J connectivity index is 2.06. The number of amides is 1. The molecule has 0 bridgehead atoms. The fourth-order valence-corrected chi connectivity index (χ4v) is 2.34. The van der Waals surface area contributed by atoms with E-state index in [9.17, 15) is 4.79 Å². The molecule has 0 fully saturated rings. The van der Waals surface area contributed by atoms with Gasteiger partial charge in [-0.2, -0.15) is 0 Å². The topological polar surface area (TPSA) is 54.3 Å². The zero-order chi connectivity index (χ0) is 16.2. The quantitative estimate of drug-likeness (QED) is 0.604. The van der Waals surface area contributed by atoms with E-state index >= 15 is 0 Å². The predicted octanol–water partition coefficient (Wildman–Crippen LogP) is 4.15. The molecule has 0 saturated carbocycles. The van der Waals surface area contributed by atoms with Crippen LogP contribution in [-0.2, 0) is 6.54 Å². The first-order chi connectivity index (χ1) is 10.4. The molecule has 2 aromatic rings. The fraction of sp³-hybridized carbons (Fsp3) is 0.214. The SMILES string of the molecule is O=C(NC(NCc1ccco1)C(Cl)(Cl)Cl)c1ccccc1Cl. The maximum atomic E-state index is 12.2. The highest BCUT2D eigenvalue weighted by Gasteiger charge is 2.34.